The van der Waals surface area contributed by atoms with Crippen LogP contribution in [0.2, 0.25) is 0 Å². The lowest BCUT2D eigenvalue weighted by molar-refractivity contribution is -0.515. The van der Waals surface area contributed by atoms with Gasteiger partial charge < -0.3 is 0 Å². The monoisotopic (exact) mass is 455 g/mol. The summed E-state index contributed by atoms with van der Waals surface area (Å²) in [6, 6.07) is 17.1. The lowest BCUT2D eigenvalue weighted by Gasteiger charge is -2.21. The van der Waals surface area contributed by atoms with E-state index in [1.807, 2.05) is 0 Å². The molecule has 0 fully saturated rings. The number of halogens is 1. The van der Waals surface area contributed by atoms with Crippen LogP contribution in [0.3, 0.4) is 0 Å². The van der Waals surface area contributed by atoms with Gasteiger partial charge in [-0.25, -0.2) is 0 Å². The quantitative estimate of drug-likeness (QED) is 0.471. The van der Waals surface area contributed by atoms with Crippen molar-refractivity contribution in [3.63, 3.8) is 0 Å². The lowest BCUT2D eigenvalue weighted by Crippen LogP contribution is -2.75. The molecule has 0 saturated heterocycles. The molecule has 2 nitrogen and oxygen atoms in total. The Labute approximate surface area is 202 Å². The number of fused-ring (bicyclic) bond motifs is 2. The number of nitrogens with zero attached hydrogens (tertiary/aromatic N) is 1. The molecule has 33 heavy (non-hydrogen) atoms. The van der Waals surface area contributed by atoms with Crippen LogP contribution in [-0.4, -0.2) is 5.71 Å². The first-order valence-electron chi connectivity index (χ1n) is 11.9. The third kappa shape index (κ3) is 3.86. The van der Waals surface area contributed by atoms with E-state index in [0.29, 0.717) is 0 Å². The Morgan fingerprint density at radius 2 is 1.58 bits per heavy atom. The van der Waals surface area contributed by atoms with Crippen molar-refractivity contribution in [2.24, 2.45) is 4.99 Å². The average molecular weight is 456 g/mol. The summed E-state index contributed by atoms with van der Waals surface area (Å²) in [6.07, 6.45) is 12.0. The molecule has 3 aliphatic rings. The molecule has 2 aliphatic heterocycles. The van der Waals surface area contributed by atoms with Gasteiger partial charge in [-0.15, -0.1) is 0 Å². The first-order chi connectivity index (χ1) is 15.8. The molecule has 0 aromatic heterocycles. The van der Waals surface area contributed by atoms with Crippen LogP contribution in [0.1, 0.15) is 58.1 Å². The highest BCUT2D eigenvalue weighted by Gasteiger charge is 2.39. The van der Waals surface area contributed by atoms with Crippen molar-refractivity contribution in [3.05, 3.63) is 106 Å². The Kier molecular flexibility index (Phi) is 5.55. The third-order valence-electron chi connectivity index (χ3n) is 7.49. The van der Waals surface area contributed by atoms with Gasteiger partial charge in [0.2, 0.25) is 0 Å². The molecule has 2 aromatic carbocycles. The second-order valence-corrected chi connectivity index (χ2v) is 10.7. The highest BCUT2D eigenvalue weighted by Crippen LogP contribution is 2.41. The largest absolute Gasteiger partial charge is 0.284 e. The Morgan fingerprint density at radius 1 is 0.848 bits per heavy atom. The number of hydrogen-bond donors (Lipinski definition) is 1. The maximum atomic E-state index is 6.92. The number of quaternary nitrogens is 1. The van der Waals surface area contributed by atoms with E-state index in [0.717, 1.165) is 35.7 Å². The first kappa shape index (κ1) is 22.1. The van der Waals surface area contributed by atoms with Crippen molar-refractivity contribution in [2.45, 2.75) is 57.8 Å². The van der Waals surface area contributed by atoms with E-state index < -0.39 is 0 Å². The fourth-order valence-electron chi connectivity index (χ4n) is 5.28. The van der Waals surface area contributed by atoms with Crippen molar-refractivity contribution in [1.82, 2.24) is 0 Å². The molecule has 2 N–H and O–H groups in total. The van der Waals surface area contributed by atoms with Crippen LogP contribution in [0.5, 0.6) is 0 Å². The number of hydrogen-bond acceptors (Lipinski definition) is 1. The van der Waals surface area contributed by atoms with Gasteiger partial charge in [0.15, 0.2) is 0 Å². The minimum absolute atomic E-state index is 0.0163. The fourth-order valence-corrected chi connectivity index (χ4v) is 5.60. The molecule has 2 heterocycles. The van der Waals surface area contributed by atoms with Gasteiger partial charge in [-0.05, 0) is 74.1 Å². The van der Waals surface area contributed by atoms with Crippen LogP contribution in [0.15, 0.2) is 99.7 Å². The summed E-state index contributed by atoms with van der Waals surface area (Å²) in [5.74, 6) is 0. The van der Waals surface area contributed by atoms with Gasteiger partial charge >= 0.3 is 0 Å². The maximum Gasteiger partial charge on any atom is 0.138 e. The van der Waals surface area contributed by atoms with E-state index in [1.165, 1.54) is 33.7 Å². The summed E-state index contributed by atoms with van der Waals surface area (Å²) in [7, 11) is 0. The van der Waals surface area contributed by atoms with E-state index in [1.54, 1.807) is 0 Å². The van der Waals surface area contributed by atoms with Crippen molar-refractivity contribution < 1.29 is 5.32 Å². The van der Waals surface area contributed by atoms with Crippen LogP contribution in [0.25, 0.3) is 0 Å². The average Bonchev–Trinajstić information content (AvgIpc) is 3.21. The smallest absolute Gasteiger partial charge is 0.138 e. The predicted molar refractivity (Wildman–Crippen MR) is 140 cm³/mol. The van der Waals surface area contributed by atoms with Gasteiger partial charge in [0.25, 0.3) is 0 Å². The van der Waals surface area contributed by atoms with Crippen LogP contribution in [-0.2, 0) is 10.8 Å². The number of nitrogens with two attached hydrogens (primary N) is 1. The SMILES string of the molecule is CC1(C)C(/C=C/C2=C(Cl)C(=C/C=C3\[NH2+]c4ccccc4C3(C)C)/CCC2)=Nc2ccccc21. The molecular formula is C30H32ClN2+. The number of allylic oxidation sites excluding steroid dienone is 8. The van der Waals surface area contributed by atoms with Gasteiger partial charge in [-0.2, -0.15) is 0 Å². The molecule has 0 atom stereocenters. The summed E-state index contributed by atoms with van der Waals surface area (Å²) < 4.78 is 0. The number of aliphatic imine (C=N–C) groups is 1. The highest BCUT2D eigenvalue weighted by molar-refractivity contribution is 6.32. The molecule has 3 heteroatoms. The highest BCUT2D eigenvalue weighted by atomic mass is 35.5. The summed E-state index contributed by atoms with van der Waals surface area (Å²) in [4.78, 5) is 4.89. The van der Waals surface area contributed by atoms with Crippen molar-refractivity contribution >= 4 is 28.7 Å². The zero-order valence-corrected chi connectivity index (χ0v) is 20.7. The molecule has 168 valence electrons. The van der Waals surface area contributed by atoms with Crippen LogP contribution in [0.4, 0.5) is 11.4 Å². The normalized spacial score (nSPS) is 23.4. The second-order valence-electron chi connectivity index (χ2n) is 10.3. The van der Waals surface area contributed by atoms with Gasteiger partial charge in [-0.1, -0.05) is 74.0 Å². The lowest BCUT2D eigenvalue weighted by atomic mass is 9.81. The third-order valence-corrected chi connectivity index (χ3v) is 7.97. The van der Waals surface area contributed by atoms with E-state index in [9.17, 15) is 0 Å². The molecule has 0 unspecified atom stereocenters. The van der Waals surface area contributed by atoms with E-state index in [4.69, 9.17) is 16.6 Å². The molecule has 0 spiro atoms. The molecule has 0 saturated carbocycles. The molecule has 1 aliphatic carbocycles. The van der Waals surface area contributed by atoms with Crippen molar-refractivity contribution in [2.75, 3.05) is 0 Å². The first-order valence-corrected chi connectivity index (χ1v) is 12.3. The fraction of sp³-hybridized carbons (Fsp3) is 0.300. The number of benzene rings is 2. The minimum atomic E-state index is -0.0865. The standard InChI is InChI=1S/C30H31ClN2/c1-29(2)22-12-5-7-14-24(22)32-26(29)18-16-20-10-9-11-21(28(20)31)17-19-27-30(3,4)23-13-6-8-15-25(23)33-27/h5-8,12-19,32H,9-11H2,1-4H3/p+1/b19-17+,20-16+,26-18-. The van der Waals surface area contributed by atoms with Crippen molar-refractivity contribution in [1.29, 1.82) is 0 Å². The minimum Gasteiger partial charge on any atom is -0.284 e. The zero-order valence-electron chi connectivity index (χ0n) is 20.0. The molecule has 2 aromatic rings. The summed E-state index contributed by atoms with van der Waals surface area (Å²) in [6.45, 7) is 9.09. The Balaban J connectivity index is 1.41. The van der Waals surface area contributed by atoms with Gasteiger partial charge in [0, 0.05) is 16.0 Å². The molecular weight excluding hydrogens is 424 g/mol. The number of rotatable bonds is 3. The topological polar surface area (TPSA) is 29.0 Å². The Morgan fingerprint density at radius 3 is 2.33 bits per heavy atom. The Bertz CT molecular complexity index is 1270. The van der Waals surface area contributed by atoms with Crippen LogP contribution in [0, 0.1) is 0 Å². The van der Waals surface area contributed by atoms with Crippen LogP contribution < -0.4 is 5.32 Å². The number of para-hydroxylation sites is 2. The zero-order chi connectivity index (χ0) is 23.2. The van der Waals surface area contributed by atoms with E-state index in [2.05, 4.69) is 106 Å². The molecule has 5 rings (SSSR count). The molecule has 0 bridgehead atoms. The van der Waals surface area contributed by atoms with Crippen molar-refractivity contribution in [3.8, 4) is 0 Å². The van der Waals surface area contributed by atoms with Gasteiger partial charge in [0.1, 0.15) is 11.4 Å². The van der Waals surface area contributed by atoms with Crippen LogP contribution >= 0.6 is 11.6 Å². The molecule has 0 radical (unpaired) electrons. The second kappa shape index (κ2) is 8.27. The predicted octanol–water partition coefficient (Wildman–Crippen LogP) is 7.28. The summed E-state index contributed by atoms with van der Waals surface area (Å²) in [5, 5.41) is 3.21. The summed E-state index contributed by atoms with van der Waals surface area (Å²) >= 11 is 6.92. The van der Waals surface area contributed by atoms with E-state index >= 15 is 0 Å². The summed E-state index contributed by atoms with van der Waals surface area (Å²) in [5.41, 5.74) is 9.88. The maximum absolute atomic E-state index is 6.92. The van der Waals surface area contributed by atoms with Gasteiger partial charge in [-0.3, -0.25) is 10.3 Å². The van der Waals surface area contributed by atoms with Gasteiger partial charge in [0.05, 0.1) is 16.8 Å². The van der Waals surface area contributed by atoms with E-state index in [-0.39, 0.29) is 10.8 Å². The Hall–Kier alpha value is -2.68. The molecule has 0 amide bonds.